The minimum absolute atomic E-state index is 0.714. The van der Waals surface area contributed by atoms with Gasteiger partial charge in [-0.25, -0.2) is 9.97 Å². The van der Waals surface area contributed by atoms with E-state index in [9.17, 15) is 0 Å². The van der Waals surface area contributed by atoms with E-state index in [1.54, 1.807) is 17.5 Å². The van der Waals surface area contributed by atoms with E-state index in [0.717, 1.165) is 35.4 Å². The van der Waals surface area contributed by atoms with E-state index in [4.69, 9.17) is 9.97 Å². The Balaban J connectivity index is 1.85. The van der Waals surface area contributed by atoms with Crippen LogP contribution in [-0.2, 0) is 6.54 Å². The number of thiophene rings is 1. The molecule has 0 amide bonds. The van der Waals surface area contributed by atoms with Gasteiger partial charge in [0.25, 0.3) is 0 Å². The number of anilines is 1. The maximum Gasteiger partial charge on any atom is 0.163 e. The van der Waals surface area contributed by atoms with Crippen molar-refractivity contribution < 1.29 is 0 Å². The van der Waals surface area contributed by atoms with Crippen LogP contribution in [0, 0.1) is 0 Å². The number of hydrogen-bond donors (Lipinski definition) is 0. The monoisotopic (exact) mass is 346 g/mol. The third-order valence-corrected chi connectivity index (χ3v) is 4.97. The van der Waals surface area contributed by atoms with Crippen LogP contribution >= 0.6 is 11.3 Å². The number of fused-ring (bicyclic) bond motifs is 1. The van der Waals surface area contributed by atoms with Crippen molar-refractivity contribution in [1.82, 2.24) is 15.0 Å². The first-order valence-corrected chi connectivity index (χ1v) is 9.17. The van der Waals surface area contributed by atoms with E-state index >= 15 is 0 Å². The summed E-state index contributed by atoms with van der Waals surface area (Å²) in [6.45, 7) is 3.89. The maximum absolute atomic E-state index is 4.90. The van der Waals surface area contributed by atoms with Crippen LogP contribution in [0.1, 0.15) is 11.8 Å². The average molecular weight is 346 g/mol. The Bertz CT molecular complexity index is 968. The molecule has 0 radical (unpaired) electrons. The fraction of sp³-hybridized carbons (Fsp3) is 0.150. The highest BCUT2D eigenvalue weighted by molar-refractivity contribution is 7.09. The molecule has 124 valence electrons. The van der Waals surface area contributed by atoms with Crippen molar-refractivity contribution in [3.8, 4) is 11.4 Å². The van der Waals surface area contributed by atoms with Gasteiger partial charge < -0.3 is 4.90 Å². The van der Waals surface area contributed by atoms with Crippen LogP contribution < -0.4 is 4.90 Å². The van der Waals surface area contributed by atoms with Gasteiger partial charge in [-0.15, -0.1) is 11.3 Å². The molecular formula is C20H18N4S. The average Bonchev–Trinajstić information content (AvgIpc) is 3.19. The molecule has 25 heavy (non-hydrogen) atoms. The summed E-state index contributed by atoms with van der Waals surface area (Å²) in [7, 11) is 0. The summed E-state index contributed by atoms with van der Waals surface area (Å²) in [6.07, 6.45) is 3.57. The Morgan fingerprint density at radius 2 is 1.92 bits per heavy atom. The molecule has 0 N–H and O–H groups in total. The second kappa shape index (κ2) is 6.99. The van der Waals surface area contributed by atoms with Gasteiger partial charge in [-0.1, -0.05) is 18.2 Å². The molecule has 4 aromatic rings. The van der Waals surface area contributed by atoms with Crippen molar-refractivity contribution in [2.45, 2.75) is 13.5 Å². The quantitative estimate of drug-likeness (QED) is 0.521. The fourth-order valence-electron chi connectivity index (χ4n) is 2.85. The van der Waals surface area contributed by atoms with Gasteiger partial charge in [-0.2, -0.15) is 0 Å². The predicted molar refractivity (Wildman–Crippen MR) is 104 cm³/mol. The zero-order valence-electron chi connectivity index (χ0n) is 14.0. The van der Waals surface area contributed by atoms with Crippen molar-refractivity contribution in [3.63, 3.8) is 0 Å². The molecule has 4 rings (SSSR count). The van der Waals surface area contributed by atoms with Crippen LogP contribution in [0.15, 0.2) is 66.3 Å². The van der Waals surface area contributed by atoms with Gasteiger partial charge in [0.2, 0.25) is 0 Å². The minimum atomic E-state index is 0.714. The first-order valence-electron chi connectivity index (χ1n) is 8.29. The Morgan fingerprint density at radius 3 is 2.68 bits per heavy atom. The highest BCUT2D eigenvalue weighted by Crippen LogP contribution is 2.28. The van der Waals surface area contributed by atoms with Crippen LogP contribution in [0.3, 0.4) is 0 Å². The summed E-state index contributed by atoms with van der Waals surface area (Å²) in [5.74, 6) is 1.69. The number of pyridine rings is 1. The molecule has 0 atom stereocenters. The molecule has 0 fully saturated rings. The molecule has 5 heteroatoms. The smallest absolute Gasteiger partial charge is 0.163 e. The van der Waals surface area contributed by atoms with Gasteiger partial charge in [0.1, 0.15) is 5.82 Å². The molecule has 0 saturated carbocycles. The summed E-state index contributed by atoms with van der Waals surface area (Å²) in [4.78, 5) is 17.5. The largest absolute Gasteiger partial charge is 0.351 e. The molecule has 3 heterocycles. The first-order chi connectivity index (χ1) is 12.3. The molecule has 0 saturated heterocycles. The van der Waals surface area contributed by atoms with Gasteiger partial charge >= 0.3 is 0 Å². The van der Waals surface area contributed by atoms with Crippen molar-refractivity contribution >= 4 is 28.1 Å². The molecule has 0 spiro atoms. The summed E-state index contributed by atoms with van der Waals surface area (Å²) in [5, 5.41) is 3.19. The number of hydrogen-bond acceptors (Lipinski definition) is 5. The van der Waals surface area contributed by atoms with Crippen LogP contribution in [0.5, 0.6) is 0 Å². The van der Waals surface area contributed by atoms with Crippen molar-refractivity contribution in [2.75, 3.05) is 11.4 Å². The van der Waals surface area contributed by atoms with E-state index in [2.05, 4.69) is 40.4 Å². The molecule has 4 nitrogen and oxygen atoms in total. The normalized spacial score (nSPS) is 10.9. The third kappa shape index (κ3) is 3.23. The number of nitrogens with zero attached hydrogens (tertiary/aromatic N) is 4. The van der Waals surface area contributed by atoms with Gasteiger partial charge in [0.05, 0.1) is 12.1 Å². The molecule has 0 aliphatic carbocycles. The lowest BCUT2D eigenvalue weighted by Gasteiger charge is -2.23. The van der Waals surface area contributed by atoms with E-state index < -0.39 is 0 Å². The zero-order valence-corrected chi connectivity index (χ0v) is 14.8. The summed E-state index contributed by atoms with van der Waals surface area (Å²) in [6, 6.07) is 16.4. The second-order valence-electron chi connectivity index (χ2n) is 5.72. The maximum atomic E-state index is 4.90. The van der Waals surface area contributed by atoms with Crippen molar-refractivity contribution in [2.24, 2.45) is 0 Å². The van der Waals surface area contributed by atoms with E-state index in [1.807, 2.05) is 36.5 Å². The van der Waals surface area contributed by atoms with E-state index in [1.165, 1.54) is 4.88 Å². The molecular weight excluding hydrogens is 328 g/mol. The lowest BCUT2D eigenvalue weighted by molar-refractivity contribution is 0.827. The summed E-state index contributed by atoms with van der Waals surface area (Å²) >= 11 is 1.77. The topological polar surface area (TPSA) is 41.9 Å². The van der Waals surface area contributed by atoms with Crippen LogP contribution in [0.4, 0.5) is 5.82 Å². The Kier molecular flexibility index (Phi) is 4.39. The zero-order chi connectivity index (χ0) is 17.1. The van der Waals surface area contributed by atoms with Crippen LogP contribution in [0.25, 0.3) is 22.3 Å². The summed E-state index contributed by atoms with van der Waals surface area (Å²) < 4.78 is 0. The molecule has 0 bridgehead atoms. The Labute approximate surface area is 150 Å². The minimum Gasteiger partial charge on any atom is -0.351 e. The van der Waals surface area contributed by atoms with Gasteiger partial charge in [-0.3, -0.25) is 4.98 Å². The molecule has 0 unspecified atom stereocenters. The van der Waals surface area contributed by atoms with E-state index in [0.29, 0.717) is 5.82 Å². The fourth-order valence-corrected chi connectivity index (χ4v) is 3.57. The van der Waals surface area contributed by atoms with Gasteiger partial charge in [0.15, 0.2) is 5.82 Å². The van der Waals surface area contributed by atoms with Crippen molar-refractivity contribution in [3.05, 3.63) is 71.2 Å². The van der Waals surface area contributed by atoms with Crippen LogP contribution in [-0.4, -0.2) is 21.5 Å². The Hall–Kier alpha value is -2.79. The number of benzene rings is 1. The molecule has 0 aliphatic heterocycles. The Morgan fingerprint density at radius 1 is 1.00 bits per heavy atom. The van der Waals surface area contributed by atoms with Gasteiger partial charge in [-0.05, 0) is 42.6 Å². The third-order valence-electron chi connectivity index (χ3n) is 4.11. The standard InChI is InChI=1S/C20H18N4S/c1-2-24(14-16-8-6-12-25-16)20-17-9-3-4-10-18(17)22-19(23-20)15-7-5-11-21-13-15/h3-13H,2,14H2,1H3. The van der Waals surface area contributed by atoms with Crippen LogP contribution in [0.2, 0.25) is 0 Å². The number of aromatic nitrogens is 3. The van der Waals surface area contributed by atoms with E-state index in [-0.39, 0.29) is 0 Å². The lowest BCUT2D eigenvalue weighted by Crippen LogP contribution is -2.23. The highest BCUT2D eigenvalue weighted by Gasteiger charge is 2.15. The van der Waals surface area contributed by atoms with Crippen molar-refractivity contribution in [1.29, 1.82) is 0 Å². The first kappa shape index (κ1) is 15.7. The lowest BCUT2D eigenvalue weighted by atomic mass is 10.2. The molecule has 0 aliphatic rings. The molecule has 1 aromatic carbocycles. The SMILES string of the molecule is CCN(Cc1cccs1)c1nc(-c2cccnc2)nc2ccccc12. The molecule has 3 aromatic heterocycles. The predicted octanol–water partition coefficient (Wildman–Crippen LogP) is 4.78. The number of para-hydroxylation sites is 1. The number of rotatable bonds is 5. The highest BCUT2D eigenvalue weighted by atomic mass is 32.1. The summed E-state index contributed by atoms with van der Waals surface area (Å²) in [5.41, 5.74) is 1.89. The van der Waals surface area contributed by atoms with Gasteiger partial charge in [0, 0.05) is 34.8 Å². The second-order valence-corrected chi connectivity index (χ2v) is 6.76.